The maximum Gasteiger partial charge on any atom is 0.404 e. The van der Waals surface area contributed by atoms with Gasteiger partial charge >= 0.3 is 6.09 Å². The first kappa shape index (κ1) is 16.0. The fourth-order valence-electron chi connectivity index (χ4n) is 2.16. The number of nitrogens with one attached hydrogen (secondary N) is 1. The number of fused-ring (bicyclic) bond motifs is 2. The Morgan fingerprint density at radius 1 is 1.52 bits per heavy atom. The summed E-state index contributed by atoms with van der Waals surface area (Å²) in [5.41, 5.74) is -0.207. The van der Waals surface area contributed by atoms with Crippen molar-refractivity contribution in [1.29, 1.82) is 0 Å². The lowest BCUT2D eigenvalue weighted by Gasteiger charge is -2.28. The smallest absolute Gasteiger partial charge is 0.404 e. The molecule has 1 amide bonds. The number of carboxylic acid groups (broad SMARTS) is 1. The number of amides is 1. The second-order valence-corrected chi connectivity index (χ2v) is 6.86. The maximum absolute atomic E-state index is 10.5. The van der Waals surface area contributed by atoms with Crippen LogP contribution in [0.1, 0.15) is 26.7 Å². The molecule has 1 aliphatic heterocycles. The van der Waals surface area contributed by atoms with Crippen LogP contribution in [0.5, 0.6) is 5.75 Å². The van der Waals surface area contributed by atoms with Crippen LogP contribution in [0, 0.1) is 0 Å². The summed E-state index contributed by atoms with van der Waals surface area (Å²) >= 11 is 1.71. The van der Waals surface area contributed by atoms with Crippen molar-refractivity contribution < 1.29 is 14.6 Å². The third kappa shape index (κ3) is 5.47. The van der Waals surface area contributed by atoms with Gasteiger partial charge in [0.2, 0.25) is 0 Å². The van der Waals surface area contributed by atoms with Crippen LogP contribution in [0.2, 0.25) is 0 Å². The zero-order valence-electron chi connectivity index (χ0n) is 12.5. The van der Waals surface area contributed by atoms with Gasteiger partial charge in [0.05, 0.1) is 0 Å². The molecular formula is C15H22N2O3S. The summed E-state index contributed by atoms with van der Waals surface area (Å²) in [6, 6.07) is 8.11. The van der Waals surface area contributed by atoms with E-state index in [1.54, 1.807) is 11.9 Å². The molecule has 2 N–H and O–H groups in total. The molecule has 2 rings (SSSR count). The number of rotatable bonds is 4. The molecule has 0 aromatic heterocycles. The molecule has 1 aliphatic rings. The van der Waals surface area contributed by atoms with Crippen LogP contribution in [0.25, 0.3) is 0 Å². The lowest BCUT2D eigenvalue weighted by molar-refractivity contribution is 0.0943. The summed E-state index contributed by atoms with van der Waals surface area (Å²) in [4.78, 5) is 11.6. The van der Waals surface area contributed by atoms with Gasteiger partial charge in [0.1, 0.15) is 11.4 Å². The first-order valence-corrected chi connectivity index (χ1v) is 7.91. The summed E-state index contributed by atoms with van der Waals surface area (Å²) in [5, 5.41) is 11.0. The Bertz CT molecular complexity index is 494. The molecule has 0 spiro atoms. The van der Waals surface area contributed by atoms with Crippen molar-refractivity contribution in [2.45, 2.75) is 37.2 Å². The van der Waals surface area contributed by atoms with Gasteiger partial charge in [-0.05, 0) is 50.4 Å². The SMILES string of the molecule is CC1(C)CCN(CCCNC(=O)O)Sc2cccc(c2)O1. The van der Waals surface area contributed by atoms with Crippen LogP contribution in [-0.4, -0.2) is 40.7 Å². The highest BCUT2D eigenvalue weighted by atomic mass is 32.2. The second kappa shape index (κ2) is 7.04. The van der Waals surface area contributed by atoms with E-state index in [1.807, 2.05) is 12.1 Å². The molecule has 1 aromatic rings. The molecule has 1 aromatic carbocycles. The van der Waals surface area contributed by atoms with Gasteiger partial charge in [0.25, 0.3) is 0 Å². The monoisotopic (exact) mass is 310 g/mol. The maximum atomic E-state index is 10.5. The first-order valence-electron chi connectivity index (χ1n) is 7.13. The molecule has 0 fully saturated rings. The Labute approximate surface area is 129 Å². The Balaban J connectivity index is 1.98. The minimum absolute atomic E-state index is 0.207. The van der Waals surface area contributed by atoms with Gasteiger partial charge in [-0.3, -0.25) is 0 Å². The first-order chi connectivity index (χ1) is 9.94. The number of ether oxygens (including phenoxy) is 1. The van der Waals surface area contributed by atoms with Crippen molar-refractivity contribution in [3.63, 3.8) is 0 Å². The quantitative estimate of drug-likeness (QED) is 0.660. The van der Waals surface area contributed by atoms with E-state index < -0.39 is 6.09 Å². The van der Waals surface area contributed by atoms with Gasteiger partial charge in [0, 0.05) is 31.0 Å². The Kier molecular flexibility index (Phi) is 5.36. The zero-order valence-corrected chi connectivity index (χ0v) is 13.3. The molecule has 0 unspecified atom stereocenters. The summed E-state index contributed by atoms with van der Waals surface area (Å²) in [7, 11) is 0. The highest BCUT2D eigenvalue weighted by molar-refractivity contribution is 7.97. The second-order valence-electron chi connectivity index (χ2n) is 5.69. The van der Waals surface area contributed by atoms with E-state index in [2.05, 4.69) is 35.6 Å². The summed E-state index contributed by atoms with van der Waals surface area (Å²) in [6.45, 7) is 6.42. The van der Waals surface area contributed by atoms with E-state index >= 15 is 0 Å². The average Bonchev–Trinajstić information content (AvgIpc) is 2.43. The molecule has 0 aliphatic carbocycles. The van der Waals surface area contributed by atoms with E-state index in [0.29, 0.717) is 6.54 Å². The van der Waals surface area contributed by atoms with E-state index in [0.717, 1.165) is 36.6 Å². The van der Waals surface area contributed by atoms with E-state index in [1.165, 1.54) is 0 Å². The van der Waals surface area contributed by atoms with Crippen LogP contribution in [0.3, 0.4) is 0 Å². The standard InChI is InChI=1S/C15H22N2O3S/c1-15(2)7-10-17(9-4-8-16-14(18)19)21-13-6-3-5-12(11-13)20-15/h3,5-6,11,16H,4,7-10H2,1-2H3,(H,18,19). The van der Waals surface area contributed by atoms with Crippen molar-refractivity contribution in [2.75, 3.05) is 19.6 Å². The fraction of sp³-hybridized carbons (Fsp3) is 0.533. The summed E-state index contributed by atoms with van der Waals surface area (Å²) in [5.74, 6) is 0.902. The molecule has 5 nitrogen and oxygen atoms in total. The molecule has 6 heteroatoms. The molecule has 0 saturated heterocycles. The molecule has 0 saturated carbocycles. The molecule has 1 heterocycles. The van der Waals surface area contributed by atoms with Gasteiger partial charge in [0.15, 0.2) is 0 Å². The van der Waals surface area contributed by atoms with Crippen molar-refractivity contribution in [3.05, 3.63) is 24.3 Å². The zero-order chi connectivity index (χ0) is 15.3. The van der Waals surface area contributed by atoms with Gasteiger partial charge in [-0.15, -0.1) is 0 Å². The molecule has 2 bridgehead atoms. The normalized spacial score (nSPS) is 18.0. The van der Waals surface area contributed by atoms with Crippen LogP contribution >= 0.6 is 11.9 Å². The van der Waals surface area contributed by atoms with E-state index in [-0.39, 0.29) is 5.60 Å². The Morgan fingerprint density at radius 3 is 3.10 bits per heavy atom. The van der Waals surface area contributed by atoms with Gasteiger partial charge in [-0.1, -0.05) is 6.07 Å². The highest BCUT2D eigenvalue weighted by Gasteiger charge is 2.23. The van der Waals surface area contributed by atoms with Crippen molar-refractivity contribution in [2.24, 2.45) is 0 Å². The average molecular weight is 310 g/mol. The molecular weight excluding hydrogens is 288 g/mol. The summed E-state index contributed by atoms with van der Waals surface area (Å²) in [6.07, 6.45) is 0.750. The Morgan fingerprint density at radius 2 is 2.33 bits per heavy atom. The predicted octanol–water partition coefficient (Wildman–Crippen LogP) is 3.21. The molecule has 0 radical (unpaired) electrons. The number of benzene rings is 1. The van der Waals surface area contributed by atoms with Crippen LogP contribution in [-0.2, 0) is 0 Å². The van der Waals surface area contributed by atoms with E-state index in [4.69, 9.17) is 9.84 Å². The summed E-state index contributed by atoms with van der Waals surface area (Å²) < 4.78 is 8.32. The van der Waals surface area contributed by atoms with Crippen molar-refractivity contribution in [1.82, 2.24) is 9.62 Å². The minimum Gasteiger partial charge on any atom is -0.488 e. The van der Waals surface area contributed by atoms with Crippen LogP contribution < -0.4 is 10.1 Å². The number of hydrogen-bond donors (Lipinski definition) is 2. The number of carbonyl (C=O) groups is 1. The lowest BCUT2D eigenvalue weighted by Crippen LogP contribution is -2.33. The highest BCUT2D eigenvalue weighted by Crippen LogP contribution is 2.32. The van der Waals surface area contributed by atoms with Crippen LogP contribution in [0.4, 0.5) is 4.79 Å². The fourth-order valence-corrected chi connectivity index (χ4v) is 3.17. The molecule has 0 atom stereocenters. The van der Waals surface area contributed by atoms with Gasteiger partial charge in [-0.25, -0.2) is 9.10 Å². The van der Waals surface area contributed by atoms with E-state index in [9.17, 15) is 4.79 Å². The minimum atomic E-state index is -0.964. The lowest BCUT2D eigenvalue weighted by atomic mass is 10.1. The topological polar surface area (TPSA) is 61.8 Å². The molecule has 116 valence electrons. The third-order valence-electron chi connectivity index (χ3n) is 3.26. The van der Waals surface area contributed by atoms with Gasteiger partial charge in [-0.2, -0.15) is 0 Å². The van der Waals surface area contributed by atoms with Crippen molar-refractivity contribution >= 4 is 18.0 Å². The number of hydrogen-bond acceptors (Lipinski definition) is 4. The number of nitrogens with zero attached hydrogens (tertiary/aromatic N) is 1. The molecule has 21 heavy (non-hydrogen) atoms. The predicted molar refractivity (Wildman–Crippen MR) is 83.8 cm³/mol. The Hall–Kier alpha value is -1.40. The van der Waals surface area contributed by atoms with Crippen LogP contribution in [0.15, 0.2) is 29.2 Å². The van der Waals surface area contributed by atoms with Gasteiger partial charge < -0.3 is 15.2 Å². The van der Waals surface area contributed by atoms with Crippen molar-refractivity contribution in [3.8, 4) is 5.75 Å². The third-order valence-corrected chi connectivity index (χ3v) is 4.35. The largest absolute Gasteiger partial charge is 0.488 e.